The van der Waals surface area contributed by atoms with Crippen LogP contribution < -0.4 is 11.3 Å². The number of hydrogen-bond acceptors (Lipinski definition) is 2. The van der Waals surface area contributed by atoms with E-state index in [1.165, 1.54) is 0 Å². The number of aromatic nitrogens is 1. The normalized spacial score (nSPS) is 10.7. The average Bonchev–Trinajstić information content (AvgIpc) is 1.96. The van der Waals surface area contributed by atoms with Crippen LogP contribution in [0.25, 0.3) is 0 Å². The van der Waals surface area contributed by atoms with Crippen LogP contribution in [0.5, 0.6) is 0 Å². The molecule has 0 spiro atoms. The lowest BCUT2D eigenvalue weighted by Gasteiger charge is -2.02. The maximum absolute atomic E-state index is 12.2. The van der Waals surface area contributed by atoms with Gasteiger partial charge in [-0.1, -0.05) is 0 Å². The van der Waals surface area contributed by atoms with Crippen LogP contribution in [0.1, 0.15) is 12.0 Å². The van der Waals surface area contributed by atoms with Crippen molar-refractivity contribution in [3.63, 3.8) is 0 Å². The van der Waals surface area contributed by atoms with Gasteiger partial charge in [-0.15, -0.1) is 0 Å². The molecule has 0 aliphatic heterocycles. The summed E-state index contributed by atoms with van der Waals surface area (Å²) >= 11 is 1.74. The Morgan fingerprint density at radius 2 is 2.17 bits per heavy atom. The summed E-state index contributed by atoms with van der Waals surface area (Å²) in [5, 5.41) is 0. The van der Waals surface area contributed by atoms with Gasteiger partial charge in [0.15, 0.2) is 0 Å². The number of anilines is 1. The second-order valence-electron chi connectivity index (χ2n) is 2.12. The largest absolute Gasteiger partial charge is 0.394 e. The maximum atomic E-state index is 12.2. The number of nitrogens with two attached hydrogens (primary N) is 1. The lowest BCUT2D eigenvalue weighted by Crippen LogP contribution is -2.15. The van der Waals surface area contributed by atoms with Crippen molar-refractivity contribution >= 4 is 28.3 Å². The Balaban J connectivity index is 3.38. The van der Waals surface area contributed by atoms with Crippen LogP contribution in [0, 0.1) is 3.70 Å². The quantitative estimate of drug-likeness (QED) is 0.607. The molecular weight excluding hydrogens is 281 g/mol. The summed E-state index contributed by atoms with van der Waals surface area (Å²) in [4.78, 5) is 13.2. The minimum absolute atomic E-state index is 0.349. The number of alkyl halides is 2. The number of nitrogens with one attached hydrogen (secondary N) is 1. The lowest BCUT2D eigenvalue weighted by atomic mass is 10.2. The van der Waals surface area contributed by atoms with Crippen molar-refractivity contribution in [2.24, 2.45) is 0 Å². The van der Waals surface area contributed by atoms with E-state index < -0.39 is 23.2 Å². The zero-order valence-corrected chi connectivity index (χ0v) is 7.93. The van der Waals surface area contributed by atoms with E-state index in [1.54, 1.807) is 22.6 Å². The molecule has 0 amide bonds. The van der Waals surface area contributed by atoms with Gasteiger partial charge in [0.2, 0.25) is 0 Å². The molecule has 3 nitrogen and oxygen atoms in total. The predicted octanol–water partition coefficient (Wildman–Crippen LogP) is 1.50. The molecule has 66 valence electrons. The van der Waals surface area contributed by atoms with Gasteiger partial charge in [0, 0.05) is 5.56 Å². The van der Waals surface area contributed by atoms with Crippen LogP contribution in [-0.4, -0.2) is 4.98 Å². The van der Waals surface area contributed by atoms with E-state index in [1.807, 2.05) is 0 Å². The fraction of sp³-hybridized carbons (Fsp3) is 0.167. The van der Waals surface area contributed by atoms with Crippen molar-refractivity contribution in [2.75, 3.05) is 5.73 Å². The molecule has 1 rings (SSSR count). The first-order valence-electron chi connectivity index (χ1n) is 2.98. The van der Waals surface area contributed by atoms with Gasteiger partial charge >= 0.3 is 0 Å². The minimum atomic E-state index is -2.71. The highest BCUT2D eigenvalue weighted by Gasteiger charge is 2.14. The summed E-state index contributed by atoms with van der Waals surface area (Å²) in [6.07, 6.45) is -2.71. The molecule has 0 bridgehead atoms. The first kappa shape index (κ1) is 9.43. The van der Waals surface area contributed by atoms with E-state index in [9.17, 15) is 13.6 Å². The molecule has 1 heterocycles. The van der Waals surface area contributed by atoms with Crippen LogP contribution in [0.15, 0.2) is 10.9 Å². The van der Waals surface area contributed by atoms with Crippen molar-refractivity contribution in [3.8, 4) is 0 Å². The van der Waals surface area contributed by atoms with Crippen molar-refractivity contribution in [1.29, 1.82) is 0 Å². The topological polar surface area (TPSA) is 58.9 Å². The smallest absolute Gasteiger partial charge is 0.272 e. The zero-order chi connectivity index (χ0) is 9.30. The van der Waals surface area contributed by atoms with E-state index >= 15 is 0 Å². The monoisotopic (exact) mass is 286 g/mol. The molecule has 0 fully saturated rings. The molecule has 1 aromatic heterocycles. The molecule has 6 heteroatoms. The van der Waals surface area contributed by atoms with Crippen LogP contribution in [-0.2, 0) is 0 Å². The summed E-state index contributed by atoms with van der Waals surface area (Å²) < 4.78 is 24.7. The number of aromatic amines is 1. The molecule has 0 aromatic carbocycles. The predicted molar refractivity (Wildman–Crippen MR) is 49.1 cm³/mol. The van der Waals surface area contributed by atoms with Gasteiger partial charge in [-0.25, -0.2) is 8.78 Å². The average molecular weight is 286 g/mol. The molecule has 0 radical (unpaired) electrons. The zero-order valence-electron chi connectivity index (χ0n) is 5.77. The number of halogens is 3. The number of hydrogen-bond donors (Lipinski definition) is 2. The first-order chi connectivity index (χ1) is 5.52. The fourth-order valence-corrected chi connectivity index (χ4v) is 1.32. The van der Waals surface area contributed by atoms with Crippen molar-refractivity contribution in [3.05, 3.63) is 25.7 Å². The van der Waals surface area contributed by atoms with E-state index in [4.69, 9.17) is 5.73 Å². The number of nitrogen functional groups attached to an aromatic ring is 1. The summed E-state index contributed by atoms with van der Waals surface area (Å²) in [7, 11) is 0. The second-order valence-corrected chi connectivity index (χ2v) is 3.28. The van der Waals surface area contributed by atoms with Gasteiger partial charge in [-0.05, 0) is 28.7 Å². The Labute approximate surface area is 80.1 Å². The second kappa shape index (κ2) is 3.38. The van der Waals surface area contributed by atoms with E-state index in [0.717, 1.165) is 6.07 Å². The Morgan fingerprint density at radius 3 is 2.67 bits per heavy atom. The Kier molecular flexibility index (Phi) is 2.65. The van der Waals surface area contributed by atoms with Gasteiger partial charge in [-0.3, -0.25) is 4.79 Å². The third-order valence-electron chi connectivity index (χ3n) is 1.31. The lowest BCUT2D eigenvalue weighted by molar-refractivity contribution is 0.152. The molecule has 1 aromatic rings. The fourth-order valence-electron chi connectivity index (χ4n) is 0.738. The molecular formula is C6H5F2IN2O. The molecule has 0 unspecified atom stereocenters. The number of H-pyrrole nitrogens is 1. The third-order valence-corrected chi connectivity index (χ3v) is 1.89. The van der Waals surface area contributed by atoms with Gasteiger partial charge in [0.25, 0.3) is 12.0 Å². The summed E-state index contributed by atoms with van der Waals surface area (Å²) in [5.74, 6) is 0. The SMILES string of the molecule is Nc1c(C(F)F)cc(I)[nH]c1=O. The Hall–Kier alpha value is -0.660. The molecule has 0 aliphatic rings. The highest BCUT2D eigenvalue weighted by Crippen LogP contribution is 2.22. The van der Waals surface area contributed by atoms with Crippen molar-refractivity contribution in [2.45, 2.75) is 6.43 Å². The minimum Gasteiger partial charge on any atom is -0.394 e. The number of pyridine rings is 1. The van der Waals surface area contributed by atoms with Crippen LogP contribution in [0.3, 0.4) is 0 Å². The van der Waals surface area contributed by atoms with Crippen LogP contribution in [0.2, 0.25) is 0 Å². The van der Waals surface area contributed by atoms with E-state index in [-0.39, 0.29) is 0 Å². The van der Waals surface area contributed by atoms with Crippen LogP contribution in [0.4, 0.5) is 14.5 Å². The summed E-state index contributed by atoms with van der Waals surface area (Å²) in [6.45, 7) is 0. The van der Waals surface area contributed by atoms with Crippen molar-refractivity contribution < 1.29 is 8.78 Å². The molecule has 3 N–H and O–H groups in total. The van der Waals surface area contributed by atoms with Gasteiger partial charge in [0.1, 0.15) is 5.69 Å². The molecule has 0 saturated heterocycles. The molecule has 0 atom stereocenters. The molecule has 0 aliphatic carbocycles. The highest BCUT2D eigenvalue weighted by atomic mass is 127. The van der Waals surface area contributed by atoms with Gasteiger partial charge < -0.3 is 10.7 Å². The molecule has 12 heavy (non-hydrogen) atoms. The Bertz CT molecular complexity index is 350. The summed E-state index contributed by atoms with van der Waals surface area (Å²) in [5.41, 5.74) is 3.63. The van der Waals surface area contributed by atoms with Gasteiger partial charge in [-0.2, -0.15) is 0 Å². The third kappa shape index (κ3) is 1.74. The number of rotatable bonds is 1. The maximum Gasteiger partial charge on any atom is 0.272 e. The summed E-state index contributed by atoms with van der Waals surface area (Å²) in [6, 6.07) is 1.15. The highest BCUT2D eigenvalue weighted by molar-refractivity contribution is 14.1. The standard InChI is InChI=1S/C6H5F2IN2O/c7-5(8)2-1-3(9)11-6(12)4(2)10/h1,5H,10H2,(H,11,12). The van der Waals surface area contributed by atoms with Crippen molar-refractivity contribution in [1.82, 2.24) is 4.98 Å². The Morgan fingerprint density at radius 1 is 1.58 bits per heavy atom. The first-order valence-corrected chi connectivity index (χ1v) is 4.06. The van der Waals surface area contributed by atoms with E-state index in [2.05, 4.69) is 4.98 Å². The molecule has 0 saturated carbocycles. The van der Waals surface area contributed by atoms with Crippen LogP contribution >= 0.6 is 22.6 Å². The van der Waals surface area contributed by atoms with E-state index in [0.29, 0.717) is 3.70 Å². The van der Waals surface area contributed by atoms with Gasteiger partial charge in [0.05, 0.1) is 3.70 Å².